The van der Waals surface area contributed by atoms with Crippen molar-refractivity contribution >= 4 is 5.69 Å². The molecule has 2 aromatic rings. The number of rotatable bonds is 4. The number of anilines is 1. The SMILES string of the molecule is Cc1ccc(C(C)Nc2ccc(CC#N)cc2)cc1F. The summed E-state index contributed by atoms with van der Waals surface area (Å²) in [5.74, 6) is -0.180. The summed E-state index contributed by atoms with van der Waals surface area (Å²) >= 11 is 0. The average Bonchev–Trinajstić information content (AvgIpc) is 2.44. The molecule has 0 aliphatic carbocycles. The van der Waals surface area contributed by atoms with Gasteiger partial charge >= 0.3 is 0 Å². The lowest BCUT2D eigenvalue weighted by Crippen LogP contribution is -2.07. The van der Waals surface area contributed by atoms with Gasteiger partial charge in [-0.15, -0.1) is 0 Å². The van der Waals surface area contributed by atoms with Crippen LogP contribution in [-0.2, 0) is 6.42 Å². The van der Waals surface area contributed by atoms with E-state index in [1.807, 2.05) is 37.3 Å². The molecule has 1 N–H and O–H groups in total. The van der Waals surface area contributed by atoms with Crippen molar-refractivity contribution in [3.8, 4) is 6.07 Å². The normalized spacial score (nSPS) is 11.7. The minimum absolute atomic E-state index is 0.0203. The zero-order valence-corrected chi connectivity index (χ0v) is 11.7. The molecule has 102 valence electrons. The van der Waals surface area contributed by atoms with Crippen LogP contribution in [0.15, 0.2) is 42.5 Å². The van der Waals surface area contributed by atoms with Gasteiger partial charge in [0.05, 0.1) is 12.5 Å². The maximum Gasteiger partial charge on any atom is 0.126 e. The maximum absolute atomic E-state index is 13.6. The van der Waals surface area contributed by atoms with Crippen LogP contribution in [0, 0.1) is 24.1 Å². The Bertz CT molecular complexity index is 626. The molecule has 0 aliphatic rings. The van der Waals surface area contributed by atoms with Crippen LogP contribution in [0.2, 0.25) is 0 Å². The van der Waals surface area contributed by atoms with Gasteiger partial charge in [-0.25, -0.2) is 4.39 Å². The Morgan fingerprint density at radius 2 is 1.90 bits per heavy atom. The summed E-state index contributed by atoms with van der Waals surface area (Å²) in [7, 11) is 0. The van der Waals surface area contributed by atoms with Crippen molar-refractivity contribution < 1.29 is 4.39 Å². The highest BCUT2D eigenvalue weighted by atomic mass is 19.1. The second-order valence-corrected chi connectivity index (χ2v) is 4.91. The molecule has 0 aromatic heterocycles. The fourth-order valence-electron chi connectivity index (χ4n) is 2.02. The molecule has 0 bridgehead atoms. The lowest BCUT2D eigenvalue weighted by atomic mass is 10.1. The summed E-state index contributed by atoms with van der Waals surface area (Å²) in [5, 5.41) is 12.0. The molecule has 0 saturated carbocycles. The summed E-state index contributed by atoms with van der Waals surface area (Å²) in [6.07, 6.45) is 0.416. The van der Waals surface area contributed by atoms with Gasteiger partial charge in [-0.3, -0.25) is 0 Å². The Labute approximate surface area is 118 Å². The molecule has 0 amide bonds. The highest BCUT2D eigenvalue weighted by Crippen LogP contribution is 2.21. The number of aryl methyl sites for hydroxylation is 1. The maximum atomic E-state index is 13.6. The largest absolute Gasteiger partial charge is 0.379 e. The Kier molecular flexibility index (Phi) is 4.37. The first kappa shape index (κ1) is 14.1. The van der Waals surface area contributed by atoms with Crippen molar-refractivity contribution in [1.82, 2.24) is 0 Å². The van der Waals surface area contributed by atoms with Crippen LogP contribution in [0.4, 0.5) is 10.1 Å². The van der Waals surface area contributed by atoms with E-state index in [0.717, 1.165) is 16.8 Å². The fraction of sp³-hybridized carbons (Fsp3) is 0.235. The fourth-order valence-corrected chi connectivity index (χ4v) is 2.02. The van der Waals surface area contributed by atoms with E-state index in [2.05, 4.69) is 11.4 Å². The first-order valence-corrected chi connectivity index (χ1v) is 6.58. The van der Waals surface area contributed by atoms with Gasteiger partial charge in [0.15, 0.2) is 0 Å². The Morgan fingerprint density at radius 1 is 1.20 bits per heavy atom. The number of benzene rings is 2. The predicted octanol–water partition coefficient (Wildman–Crippen LogP) is 4.37. The molecule has 1 atom stereocenters. The molecule has 2 nitrogen and oxygen atoms in total. The molecule has 0 heterocycles. The number of halogens is 1. The van der Waals surface area contributed by atoms with E-state index in [4.69, 9.17) is 5.26 Å². The summed E-state index contributed by atoms with van der Waals surface area (Å²) in [6, 6.07) is 15.2. The first-order chi connectivity index (χ1) is 9.60. The van der Waals surface area contributed by atoms with Gasteiger partial charge in [0.2, 0.25) is 0 Å². The lowest BCUT2D eigenvalue weighted by molar-refractivity contribution is 0.614. The molecule has 0 saturated heterocycles. The van der Waals surface area contributed by atoms with E-state index >= 15 is 0 Å². The van der Waals surface area contributed by atoms with Crippen LogP contribution < -0.4 is 5.32 Å². The second kappa shape index (κ2) is 6.21. The van der Waals surface area contributed by atoms with E-state index in [1.165, 1.54) is 0 Å². The molecule has 2 aromatic carbocycles. The number of nitriles is 1. The average molecular weight is 268 g/mol. The van der Waals surface area contributed by atoms with E-state index in [9.17, 15) is 4.39 Å². The van der Waals surface area contributed by atoms with E-state index in [1.54, 1.807) is 19.1 Å². The van der Waals surface area contributed by atoms with Gasteiger partial charge in [-0.1, -0.05) is 24.3 Å². The quantitative estimate of drug-likeness (QED) is 0.893. The number of nitrogens with one attached hydrogen (secondary N) is 1. The van der Waals surface area contributed by atoms with Gasteiger partial charge in [0, 0.05) is 11.7 Å². The van der Waals surface area contributed by atoms with E-state index in [-0.39, 0.29) is 11.9 Å². The smallest absolute Gasteiger partial charge is 0.126 e. The summed E-state index contributed by atoms with van der Waals surface area (Å²) in [4.78, 5) is 0. The third-order valence-corrected chi connectivity index (χ3v) is 3.32. The minimum atomic E-state index is -0.180. The van der Waals surface area contributed by atoms with Gasteiger partial charge in [-0.05, 0) is 48.7 Å². The third-order valence-electron chi connectivity index (χ3n) is 3.32. The molecule has 0 radical (unpaired) electrons. The number of hydrogen-bond donors (Lipinski definition) is 1. The summed E-state index contributed by atoms with van der Waals surface area (Å²) < 4.78 is 13.6. The molecule has 20 heavy (non-hydrogen) atoms. The van der Waals surface area contributed by atoms with Crippen LogP contribution in [0.25, 0.3) is 0 Å². The zero-order valence-electron chi connectivity index (χ0n) is 11.7. The van der Waals surface area contributed by atoms with Crippen molar-refractivity contribution in [3.05, 3.63) is 65.0 Å². The third kappa shape index (κ3) is 3.36. The van der Waals surface area contributed by atoms with Crippen LogP contribution in [0.1, 0.15) is 29.7 Å². The molecular weight excluding hydrogens is 251 g/mol. The summed E-state index contributed by atoms with van der Waals surface area (Å²) in [5.41, 5.74) is 3.52. The zero-order chi connectivity index (χ0) is 14.5. The standard InChI is InChI=1S/C17H17FN2/c1-12-3-6-15(11-17(12)18)13(2)20-16-7-4-14(5-8-16)9-10-19/h3-8,11,13,20H,9H2,1-2H3. The van der Waals surface area contributed by atoms with Gasteiger partial charge in [0.25, 0.3) is 0 Å². The van der Waals surface area contributed by atoms with Crippen molar-refractivity contribution in [2.75, 3.05) is 5.32 Å². The topological polar surface area (TPSA) is 35.8 Å². The molecule has 3 heteroatoms. The molecule has 1 unspecified atom stereocenters. The molecular formula is C17H17FN2. The van der Waals surface area contributed by atoms with Crippen molar-refractivity contribution in [1.29, 1.82) is 5.26 Å². The Balaban J connectivity index is 2.08. The van der Waals surface area contributed by atoms with Crippen LogP contribution in [0.3, 0.4) is 0 Å². The summed E-state index contributed by atoms with van der Waals surface area (Å²) in [6.45, 7) is 3.75. The minimum Gasteiger partial charge on any atom is -0.379 e. The van der Waals surface area contributed by atoms with Gasteiger partial charge < -0.3 is 5.32 Å². The number of hydrogen-bond acceptors (Lipinski definition) is 2. The molecule has 0 spiro atoms. The highest BCUT2D eigenvalue weighted by Gasteiger charge is 2.07. The molecule has 0 aliphatic heterocycles. The number of nitrogens with zero attached hydrogens (tertiary/aromatic N) is 1. The van der Waals surface area contributed by atoms with Crippen LogP contribution in [-0.4, -0.2) is 0 Å². The van der Waals surface area contributed by atoms with E-state index < -0.39 is 0 Å². The van der Waals surface area contributed by atoms with Crippen LogP contribution >= 0.6 is 0 Å². The Morgan fingerprint density at radius 3 is 2.50 bits per heavy atom. The monoisotopic (exact) mass is 268 g/mol. The van der Waals surface area contributed by atoms with Crippen molar-refractivity contribution in [2.24, 2.45) is 0 Å². The van der Waals surface area contributed by atoms with Gasteiger partial charge in [-0.2, -0.15) is 5.26 Å². The lowest BCUT2D eigenvalue weighted by Gasteiger charge is -2.16. The molecule has 2 rings (SSSR count). The second-order valence-electron chi connectivity index (χ2n) is 4.91. The highest BCUT2D eigenvalue weighted by molar-refractivity contribution is 5.47. The van der Waals surface area contributed by atoms with Gasteiger partial charge in [0.1, 0.15) is 5.82 Å². The van der Waals surface area contributed by atoms with Crippen LogP contribution in [0.5, 0.6) is 0 Å². The predicted molar refractivity (Wildman–Crippen MR) is 78.9 cm³/mol. The first-order valence-electron chi connectivity index (χ1n) is 6.58. The Hall–Kier alpha value is -2.34. The van der Waals surface area contributed by atoms with E-state index in [0.29, 0.717) is 12.0 Å². The molecule has 0 fully saturated rings. The van der Waals surface area contributed by atoms with Crippen molar-refractivity contribution in [3.63, 3.8) is 0 Å². The van der Waals surface area contributed by atoms with Crippen molar-refractivity contribution in [2.45, 2.75) is 26.3 Å².